The van der Waals surface area contributed by atoms with Gasteiger partial charge >= 0.3 is 0 Å². The third-order valence-corrected chi connectivity index (χ3v) is 14.4. The Morgan fingerprint density at radius 3 is 2.56 bits per heavy atom. The van der Waals surface area contributed by atoms with Crippen LogP contribution in [0.2, 0.25) is 0 Å². The molecule has 0 aromatic heterocycles. The largest absolute Gasteiger partial charge is 0.294 e. The summed E-state index contributed by atoms with van der Waals surface area (Å²) in [5.74, 6) is 0. The van der Waals surface area contributed by atoms with Crippen molar-refractivity contribution in [3.05, 3.63) is 35.9 Å². The maximum absolute atomic E-state index is 5.66. The molecule has 1 nitrogen and oxygen atoms in total. The van der Waals surface area contributed by atoms with Crippen molar-refractivity contribution in [2.45, 2.75) is 11.8 Å². The molecule has 2 rings (SSSR count). The highest BCUT2D eigenvalue weighted by Crippen LogP contribution is 2.62. The van der Waals surface area contributed by atoms with E-state index in [0.29, 0.717) is 0 Å². The Labute approximate surface area is 136 Å². The molecular formula is C10H11NS7. The Kier molecular flexibility index (Phi) is 6.98. The molecule has 0 bridgehead atoms. The summed E-state index contributed by atoms with van der Waals surface area (Å²) < 4.78 is 0.992. The highest BCUT2D eigenvalue weighted by Gasteiger charge is 2.39. The predicted molar refractivity (Wildman–Crippen MR) is 99.9 cm³/mol. The summed E-state index contributed by atoms with van der Waals surface area (Å²) in [6.45, 7) is 3.02. The van der Waals surface area contributed by atoms with E-state index in [1.807, 2.05) is 6.07 Å². The molecule has 0 saturated carbocycles. The molecule has 0 radical (unpaired) electrons. The van der Waals surface area contributed by atoms with Gasteiger partial charge in [0.1, 0.15) is 4.87 Å². The smallest absolute Gasteiger partial charge is 0.144 e. The van der Waals surface area contributed by atoms with Crippen molar-refractivity contribution >= 4 is 77.3 Å². The molecule has 0 aliphatic carbocycles. The van der Waals surface area contributed by atoms with Crippen molar-refractivity contribution in [3.63, 3.8) is 0 Å². The fourth-order valence-corrected chi connectivity index (χ4v) is 15.0. The summed E-state index contributed by atoms with van der Waals surface area (Å²) in [6.07, 6.45) is 0. The van der Waals surface area contributed by atoms with Gasteiger partial charge in [0, 0.05) is 0 Å². The second kappa shape index (κ2) is 7.97. The lowest BCUT2D eigenvalue weighted by atomic mass is 10.1. The number of benzene rings is 1. The van der Waals surface area contributed by atoms with Gasteiger partial charge in [0.05, 0.1) is 4.20 Å². The van der Waals surface area contributed by atoms with Crippen LogP contribution in [0.3, 0.4) is 0 Å². The zero-order chi connectivity index (χ0) is 12.8. The van der Waals surface area contributed by atoms with Crippen molar-refractivity contribution in [3.8, 4) is 0 Å². The lowest BCUT2D eigenvalue weighted by molar-refractivity contribution is 0.642. The highest BCUT2D eigenvalue weighted by molar-refractivity contribution is 9.43. The van der Waals surface area contributed by atoms with Gasteiger partial charge in [0.25, 0.3) is 0 Å². The topological polar surface area (TPSA) is 12.0 Å². The first-order valence-electron chi connectivity index (χ1n) is 5.17. The normalized spacial score (nSPS) is 25.5. The third kappa shape index (κ3) is 3.72. The maximum Gasteiger partial charge on any atom is 0.144 e. The monoisotopic (exact) mass is 369 g/mol. The molecule has 1 N–H and O–H groups in total. The first kappa shape index (κ1) is 15.8. The zero-order valence-electron chi connectivity index (χ0n) is 9.45. The van der Waals surface area contributed by atoms with Crippen molar-refractivity contribution in [1.29, 1.82) is 0 Å². The summed E-state index contributed by atoms with van der Waals surface area (Å²) in [5.41, 5.74) is 1.23. The molecule has 1 unspecified atom stereocenters. The second-order valence-electron chi connectivity index (χ2n) is 3.30. The summed E-state index contributed by atoms with van der Waals surface area (Å²) in [4.78, 5) is -0.276. The van der Waals surface area contributed by atoms with Gasteiger partial charge in [0.2, 0.25) is 0 Å². The van der Waals surface area contributed by atoms with Gasteiger partial charge in [-0.3, -0.25) is 5.32 Å². The number of thiocarbonyl (C=S) groups is 1. The Bertz CT molecular complexity index is 398. The fourth-order valence-electron chi connectivity index (χ4n) is 1.52. The molecule has 98 valence electrons. The number of rotatable bonds is 3. The second-order valence-corrected chi connectivity index (χ2v) is 13.4. The molecule has 1 aromatic rings. The Balaban J connectivity index is 2.36. The van der Waals surface area contributed by atoms with E-state index in [1.54, 1.807) is 60.9 Å². The molecular weight excluding hydrogens is 359 g/mol. The van der Waals surface area contributed by atoms with Crippen molar-refractivity contribution in [1.82, 2.24) is 5.32 Å². The molecule has 1 aliphatic rings. The molecule has 18 heavy (non-hydrogen) atoms. The fraction of sp³-hybridized carbons (Fsp3) is 0.300. The molecule has 1 aliphatic heterocycles. The summed E-state index contributed by atoms with van der Waals surface area (Å²) >= 11 is 5.66. The van der Waals surface area contributed by atoms with Crippen LogP contribution >= 0.6 is 73.1 Å². The Morgan fingerprint density at radius 1 is 1.11 bits per heavy atom. The first-order valence-corrected chi connectivity index (χ1v) is 13.1. The van der Waals surface area contributed by atoms with Gasteiger partial charge in [-0.2, -0.15) is 0 Å². The maximum atomic E-state index is 5.66. The van der Waals surface area contributed by atoms with Crippen LogP contribution in [0.5, 0.6) is 0 Å². The minimum atomic E-state index is -0.276. The Morgan fingerprint density at radius 2 is 1.83 bits per heavy atom. The molecule has 1 heterocycles. The van der Waals surface area contributed by atoms with Gasteiger partial charge in [-0.25, -0.2) is 0 Å². The third-order valence-electron chi connectivity index (χ3n) is 2.25. The van der Waals surface area contributed by atoms with Crippen LogP contribution in [0.25, 0.3) is 0 Å². The minimum absolute atomic E-state index is 0.276. The number of hydrogen-bond donors (Lipinski definition) is 1. The van der Waals surface area contributed by atoms with E-state index < -0.39 is 0 Å². The highest BCUT2D eigenvalue weighted by atomic mass is 33.9. The van der Waals surface area contributed by atoms with E-state index in [4.69, 9.17) is 12.2 Å². The SMILES string of the molecule is CCNC1(c2ccccc2)SSSSSSC1=S. The van der Waals surface area contributed by atoms with Crippen LogP contribution in [-0.2, 0) is 4.87 Å². The predicted octanol–water partition coefficient (Wildman–Crippen LogP) is 5.76. The van der Waals surface area contributed by atoms with E-state index >= 15 is 0 Å². The van der Waals surface area contributed by atoms with Crippen molar-refractivity contribution in [2.75, 3.05) is 6.54 Å². The van der Waals surface area contributed by atoms with Gasteiger partial charge < -0.3 is 0 Å². The van der Waals surface area contributed by atoms with Crippen LogP contribution in [0, 0.1) is 0 Å². The van der Waals surface area contributed by atoms with Gasteiger partial charge in [-0.1, -0.05) is 49.5 Å². The molecule has 1 fully saturated rings. The van der Waals surface area contributed by atoms with E-state index in [9.17, 15) is 0 Å². The van der Waals surface area contributed by atoms with E-state index in [0.717, 1.165) is 10.7 Å². The number of nitrogens with one attached hydrogen (secondary N) is 1. The van der Waals surface area contributed by atoms with E-state index in [-0.39, 0.29) is 4.87 Å². The van der Waals surface area contributed by atoms with Crippen LogP contribution in [0.1, 0.15) is 12.5 Å². The average molecular weight is 370 g/mol. The molecule has 1 atom stereocenters. The summed E-state index contributed by atoms with van der Waals surface area (Å²) in [6, 6.07) is 10.5. The van der Waals surface area contributed by atoms with E-state index in [1.165, 1.54) is 5.56 Å². The molecule has 0 spiro atoms. The minimum Gasteiger partial charge on any atom is -0.294 e. The Hall–Kier alpha value is 1.37. The standard InChI is InChI=1S/C10H11NS7/c1-2-11-10(8-6-4-3-5-7-8)9(12)13-15-17-18-16-14-10/h3-7,11H,2H2,1H3. The summed E-state index contributed by atoms with van der Waals surface area (Å²) in [5, 5.41) is 3.58. The van der Waals surface area contributed by atoms with Crippen LogP contribution in [0.4, 0.5) is 0 Å². The van der Waals surface area contributed by atoms with Crippen LogP contribution < -0.4 is 5.32 Å². The zero-order valence-corrected chi connectivity index (χ0v) is 15.2. The van der Waals surface area contributed by atoms with Gasteiger partial charge in [-0.15, -0.1) is 0 Å². The molecule has 0 amide bonds. The van der Waals surface area contributed by atoms with Crippen LogP contribution in [-0.4, -0.2) is 10.7 Å². The quantitative estimate of drug-likeness (QED) is 0.526. The molecule has 8 heteroatoms. The van der Waals surface area contributed by atoms with Gasteiger partial charge in [0.15, 0.2) is 0 Å². The molecule has 1 aromatic carbocycles. The average Bonchev–Trinajstić information content (AvgIpc) is 2.40. The van der Waals surface area contributed by atoms with E-state index in [2.05, 4.69) is 36.5 Å². The first-order chi connectivity index (χ1) is 8.79. The van der Waals surface area contributed by atoms with Crippen molar-refractivity contribution in [2.24, 2.45) is 0 Å². The number of hydrogen-bond acceptors (Lipinski definition) is 8. The lowest BCUT2D eigenvalue weighted by Crippen LogP contribution is -2.43. The van der Waals surface area contributed by atoms with Crippen molar-refractivity contribution < 1.29 is 0 Å². The molecule has 1 saturated heterocycles. The van der Waals surface area contributed by atoms with Gasteiger partial charge in [-0.05, 0) is 73.0 Å². The lowest BCUT2D eigenvalue weighted by Gasteiger charge is -2.34. The van der Waals surface area contributed by atoms with Crippen LogP contribution in [0.15, 0.2) is 30.3 Å². The summed E-state index contributed by atoms with van der Waals surface area (Å²) in [7, 11) is 10.6.